The largest absolute Gasteiger partial charge is 0.355 e. The Morgan fingerprint density at radius 1 is 1.67 bits per heavy atom. The third-order valence-electron chi connectivity index (χ3n) is 1.75. The van der Waals surface area contributed by atoms with Gasteiger partial charge in [-0.1, -0.05) is 0 Å². The predicted octanol–water partition coefficient (Wildman–Crippen LogP) is 2.17. The first-order valence-corrected chi connectivity index (χ1v) is 5.04. The highest BCUT2D eigenvalue weighted by atomic mass is 32.1. The van der Waals surface area contributed by atoms with E-state index < -0.39 is 5.82 Å². The van der Waals surface area contributed by atoms with Crippen LogP contribution in [0.3, 0.4) is 0 Å². The van der Waals surface area contributed by atoms with Gasteiger partial charge in [-0.05, 0) is 6.92 Å². The maximum atomic E-state index is 12.6. The number of hydrogen-bond donors (Lipinski definition) is 2. The lowest BCUT2D eigenvalue weighted by Gasteiger charge is -1.97. The number of halogens is 1. The molecule has 2 N–H and O–H groups in total. The number of aromatic nitrogens is 2. The van der Waals surface area contributed by atoms with Gasteiger partial charge in [-0.2, -0.15) is 0 Å². The Kier molecular flexibility index (Phi) is 2.51. The van der Waals surface area contributed by atoms with Gasteiger partial charge in [0.1, 0.15) is 16.5 Å². The monoisotopic (exact) mass is 225 g/mol. The van der Waals surface area contributed by atoms with Crippen LogP contribution in [0.4, 0.5) is 9.39 Å². The molecule has 2 aromatic heterocycles. The van der Waals surface area contributed by atoms with E-state index in [0.717, 1.165) is 17.3 Å². The molecule has 78 valence electrons. The van der Waals surface area contributed by atoms with Gasteiger partial charge in [-0.15, -0.1) is 11.3 Å². The van der Waals surface area contributed by atoms with Gasteiger partial charge < -0.3 is 10.3 Å². The summed E-state index contributed by atoms with van der Waals surface area (Å²) in [5, 5.41) is 4.12. The number of nitrogens with one attached hydrogen (secondary N) is 2. The Morgan fingerprint density at radius 3 is 3.00 bits per heavy atom. The van der Waals surface area contributed by atoms with Crippen LogP contribution in [-0.4, -0.2) is 15.9 Å². The highest BCUT2D eigenvalue weighted by Crippen LogP contribution is 2.18. The first-order chi connectivity index (χ1) is 7.15. The lowest BCUT2D eigenvalue weighted by Crippen LogP contribution is -2.10. The lowest BCUT2D eigenvalue weighted by atomic mass is 10.4. The van der Waals surface area contributed by atoms with Gasteiger partial charge in [0.25, 0.3) is 5.91 Å². The van der Waals surface area contributed by atoms with E-state index in [9.17, 15) is 9.18 Å². The van der Waals surface area contributed by atoms with Gasteiger partial charge in [0.2, 0.25) is 0 Å². The molecule has 0 fully saturated rings. The molecule has 0 aliphatic rings. The molecule has 2 heterocycles. The normalized spacial score (nSPS) is 10.3. The SMILES string of the molecule is Cc1ncc(NC(=O)c2cc(F)c[nH]2)s1. The second-order valence-corrected chi connectivity index (χ2v) is 4.16. The summed E-state index contributed by atoms with van der Waals surface area (Å²) in [5.41, 5.74) is 0.193. The molecular formula is C9H8FN3OS. The van der Waals surface area contributed by atoms with E-state index in [1.54, 1.807) is 6.20 Å². The fraction of sp³-hybridized carbons (Fsp3) is 0.111. The van der Waals surface area contributed by atoms with Crippen LogP contribution in [0.15, 0.2) is 18.5 Å². The van der Waals surface area contributed by atoms with Gasteiger partial charge in [0.15, 0.2) is 0 Å². The number of thiazole rings is 1. The van der Waals surface area contributed by atoms with Crippen molar-refractivity contribution in [3.8, 4) is 0 Å². The number of carbonyl (C=O) groups excluding carboxylic acids is 1. The average Bonchev–Trinajstić information content (AvgIpc) is 2.75. The maximum Gasteiger partial charge on any atom is 0.272 e. The summed E-state index contributed by atoms with van der Waals surface area (Å²) in [4.78, 5) is 18.0. The fourth-order valence-electron chi connectivity index (χ4n) is 1.10. The molecular weight excluding hydrogens is 217 g/mol. The van der Waals surface area contributed by atoms with Crippen LogP contribution in [0.5, 0.6) is 0 Å². The van der Waals surface area contributed by atoms with Crippen molar-refractivity contribution in [3.05, 3.63) is 35.0 Å². The van der Waals surface area contributed by atoms with Crippen LogP contribution in [-0.2, 0) is 0 Å². The van der Waals surface area contributed by atoms with E-state index in [0.29, 0.717) is 5.00 Å². The molecule has 0 spiro atoms. The molecule has 0 saturated carbocycles. The first kappa shape index (κ1) is 9.85. The van der Waals surface area contributed by atoms with Gasteiger partial charge in [0, 0.05) is 12.3 Å². The lowest BCUT2D eigenvalue weighted by molar-refractivity contribution is 0.102. The molecule has 1 amide bonds. The number of anilines is 1. The molecule has 2 aromatic rings. The highest BCUT2D eigenvalue weighted by Gasteiger charge is 2.09. The Morgan fingerprint density at radius 2 is 2.47 bits per heavy atom. The Hall–Kier alpha value is -1.69. The van der Waals surface area contributed by atoms with Crippen molar-refractivity contribution in [3.63, 3.8) is 0 Å². The summed E-state index contributed by atoms with van der Waals surface area (Å²) in [6.07, 6.45) is 2.70. The fourth-order valence-corrected chi connectivity index (χ4v) is 1.77. The third kappa shape index (κ3) is 2.21. The summed E-state index contributed by atoms with van der Waals surface area (Å²) in [5.74, 6) is -0.830. The van der Waals surface area contributed by atoms with Gasteiger partial charge in [-0.25, -0.2) is 9.37 Å². The Labute approximate surface area is 89.2 Å². The molecule has 4 nitrogen and oxygen atoms in total. The van der Waals surface area contributed by atoms with Crippen molar-refractivity contribution >= 4 is 22.2 Å². The van der Waals surface area contributed by atoms with Crippen LogP contribution in [0, 0.1) is 12.7 Å². The average molecular weight is 225 g/mol. The summed E-state index contributed by atoms with van der Waals surface area (Å²) in [6, 6.07) is 1.14. The van der Waals surface area contributed by atoms with Crippen LogP contribution >= 0.6 is 11.3 Å². The molecule has 15 heavy (non-hydrogen) atoms. The minimum absolute atomic E-state index is 0.193. The standard InChI is InChI=1S/C9H8FN3OS/c1-5-11-4-8(15-5)13-9(14)7-2-6(10)3-12-7/h2-4,12H,1H3,(H,13,14). The molecule has 0 aromatic carbocycles. The third-order valence-corrected chi connectivity index (χ3v) is 2.58. The number of aryl methyl sites for hydroxylation is 1. The topological polar surface area (TPSA) is 57.8 Å². The van der Waals surface area contributed by atoms with Gasteiger partial charge >= 0.3 is 0 Å². The number of rotatable bonds is 2. The van der Waals surface area contributed by atoms with Gasteiger partial charge in [0.05, 0.1) is 11.2 Å². The molecule has 0 bridgehead atoms. The van der Waals surface area contributed by atoms with E-state index in [4.69, 9.17) is 0 Å². The number of hydrogen-bond acceptors (Lipinski definition) is 3. The minimum Gasteiger partial charge on any atom is -0.355 e. The maximum absolute atomic E-state index is 12.6. The zero-order valence-corrected chi connectivity index (χ0v) is 8.69. The molecule has 0 atom stereocenters. The number of aromatic amines is 1. The molecule has 0 radical (unpaired) electrons. The molecule has 0 aliphatic carbocycles. The summed E-state index contributed by atoms with van der Waals surface area (Å²) in [7, 11) is 0. The zero-order chi connectivity index (χ0) is 10.8. The quantitative estimate of drug-likeness (QED) is 0.822. The Bertz CT molecular complexity index is 491. The van der Waals surface area contributed by atoms with Crippen molar-refractivity contribution in [1.82, 2.24) is 9.97 Å². The predicted molar refractivity (Wildman–Crippen MR) is 55.6 cm³/mol. The number of carbonyl (C=O) groups is 1. The second kappa shape index (κ2) is 3.82. The van der Waals surface area contributed by atoms with Crippen LogP contribution in [0.1, 0.15) is 15.5 Å². The number of nitrogens with zero attached hydrogens (tertiary/aromatic N) is 1. The zero-order valence-electron chi connectivity index (χ0n) is 7.87. The summed E-state index contributed by atoms with van der Waals surface area (Å²) >= 11 is 1.37. The van der Waals surface area contributed by atoms with Gasteiger partial charge in [-0.3, -0.25) is 4.79 Å². The first-order valence-electron chi connectivity index (χ1n) is 4.23. The summed E-state index contributed by atoms with van der Waals surface area (Å²) in [6.45, 7) is 1.84. The molecule has 0 unspecified atom stereocenters. The molecule has 0 saturated heterocycles. The molecule has 0 aliphatic heterocycles. The van der Waals surface area contributed by atoms with Crippen molar-refractivity contribution in [2.75, 3.05) is 5.32 Å². The van der Waals surface area contributed by atoms with Crippen molar-refractivity contribution < 1.29 is 9.18 Å². The number of H-pyrrole nitrogens is 1. The minimum atomic E-state index is -0.458. The molecule has 6 heteroatoms. The van der Waals surface area contributed by atoms with Crippen molar-refractivity contribution in [2.45, 2.75) is 6.92 Å². The Balaban J connectivity index is 2.10. The second-order valence-electron chi connectivity index (χ2n) is 2.93. The molecule has 2 rings (SSSR count). The van der Waals surface area contributed by atoms with E-state index in [1.165, 1.54) is 11.3 Å². The van der Waals surface area contributed by atoms with E-state index in [1.807, 2.05) is 6.92 Å². The van der Waals surface area contributed by atoms with Crippen LogP contribution < -0.4 is 5.32 Å². The van der Waals surface area contributed by atoms with Crippen LogP contribution in [0.25, 0.3) is 0 Å². The van der Waals surface area contributed by atoms with E-state index in [2.05, 4.69) is 15.3 Å². The van der Waals surface area contributed by atoms with E-state index >= 15 is 0 Å². The van der Waals surface area contributed by atoms with Crippen molar-refractivity contribution in [1.29, 1.82) is 0 Å². The highest BCUT2D eigenvalue weighted by molar-refractivity contribution is 7.15. The summed E-state index contributed by atoms with van der Waals surface area (Å²) < 4.78 is 12.6. The van der Waals surface area contributed by atoms with Crippen molar-refractivity contribution in [2.24, 2.45) is 0 Å². The smallest absolute Gasteiger partial charge is 0.272 e. The number of amides is 1. The van der Waals surface area contributed by atoms with E-state index in [-0.39, 0.29) is 11.6 Å². The van der Waals surface area contributed by atoms with Crippen LogP contribution in [0.2, 0.25) is 0 Å².